The summed E-state index contributed by atoms with van der Waals surface area (Å²) in [5, 5.41) is 4.00. The molecule has 28 heavy (non-hydrogen) atoms. The van der Waals surface area contributed by atoms with Gasteiger partial charge in [0.05, 0.1) is 11.3 Å². The average Bonchev–Trinajstić information content (AvgIpc) is 3.14. The van der Waals surface area contributed by atoms with Gasteiger partial charge in [-0.05, 0) is 24.6 Å². The van der Waals surface area contributed by atoms with E-state index in [1.807, 2.05) is 48.3 Å². The van der Waals surface area contributed by atoms with Crippen molar-refractivity contribution in [3.8, 4) is 22.6 Å². The first-order valence-electron chi connectivity index (χ1n) is 9.00. The molecule has 0 atom stereocenters. The lowest BCUT2D eigenvalue weighted by Gasteiger charge is -2.12. The van der Waals surface area contributed by atoms with Crippen LogP contribution >= 0.6 is 11.6 Å². The first-order valence-corrected chi connectivity index (χ1v) is 9.38. The summed E-state index contributed by atoms with van der Waals surface area (Å²) >= 11 is 6.06. The van der Waals surface area contributed by atoms with E-state index in [2.05, 4.69) is 46.5 Å². The molecule has 0 unspecified atom stereocenters. The van der Waals surface area contributed by atoms with E-state index in [4.69, 9.17) is 16.6 Å². The summed E-state index contributed by atoms with van der Waals surface area (Å²) in [7, 11) is 1.96. The molecule has 0 aliphatic carbocycles. The molecule has 0 saturated carbocycles. The third kappa shape index (κ3) is 3.89. The van der Waals surface area contributed by atoms with Crippen LogP contribution in [-0.2, 0) is 13.6 Å². The second-order valence-electron chi connectivity index (χ2n) is 6.66. The molecule has 6 heteroatoms. The van der Waals surface area contributed by atoms with E-state index in [1.54, 1.807) is 6.20 Å². The predicted molar refractivity (Wildman–Crippen MR) is 113 cm³/mol. The number of rotatable bonds is 5. The van der Waals surface area contributed by atoms with Crippen LogP contribution in [0.5, 0.6) is 0 Å². The Hall–Kier alpha value is -3.18. The quantitative estimate of drug-likeness (QED) is 0.514. The lowest BCUT2D eigenvalue weighted by Crippen LogP contribution is -2.06. The van der Waals surface area contributed by atoms with Crippen LogP contribution in [0.1, 0.15) is 11.1 Å². The van der Waals surface area contributed by atoms with E-state index >= 15 is 0 Å². The van der Waals surface area contributed by atoms with Gasteiger partial charge in [-0.25, -0.2) is 15.0 Å². The molecule has 0 radical (unpaired) electrons. The molecule has 5 nitrogen and oxygen atoms in total. The van der Waals surface area contributed by atoms with Crippen molar-refractivity contribution in [3.05, 3.63) is 83.3 Å². The van der Waals surface area contributed by atoms with E-state index < -0.39 is 0 Å². The van der Waals surface area contributed by atoms with E-state index in [-0.39, 0.29) is 0 Å². The highest BCUT2D eigenvalue weighted by atomic mass is 35.5. The molecule has 140 valence electrons. The van der Waals surface area contributed by atoms with Gasteiger partial charge in [-0.3, -0.25) is 0 Å². The van der Waals surface area contributed by atoms with Crippen molar-refractivity contribution >= 4 is 17.5 Å². The highest BCUT2D eigenvalue weighted by molar-refractivity contribution is 6.30. The van der Waals surface area contributed by atoms with Crippen molar-refractivity contribution in [3.63, 3.8) is 0 Å². The van der Waals surface area contributed by atoms with E-state index in [0.717, 1.165) is 22.6 Å². The maximum atomic E-state index is 6.06. The normalized spacial score (nSPS) is 10.8. The molecular formula is C22H20ClN5. The average molecular weight is 390 g/mol. The summed E-state index contributed by atoms with van der Waals surface area (Å²) in [6.45, 7) is 2.73. The number of imidazole rings is 1. The highest BCUT2D eigenvalue weighted by Gasteiger charge is 2.15. The number of anilines is 1. The van der Waals surface area contributed by atoms with E-state index in [0.29, 0.717) is 17.5 Å². The van der Waals surface area contributed by atoms with Crippen LogP contribution in [0.15, 0.2) is 67.1 Å². The number of aromatic nitrogens is 4. The zero-order valence-corrected chi connectivity index (χ0v) is 16.5. The molecule has 4 aromatic rings. The number of aryl methyl sites for hydroxylation is 2. The molecule has 2 heterocycles. The van der Waals surface area contributed by atoms with Crippen molar-refractivity contribution in [2.45, 2.75) is 13.5 Å². The van der Waals surface area contributed by atoms with Crippen LogP contribution in [0.4, 0.5) is 5.95 Å². The second-order valence-corrected chi connectivity index (χ2v) is 7.10. The first-order chi connectivity index (χ1) is 13.6. The summed E-state index contributed by atoms with van der Waals surface area (Å²) in [6.07, 6.45) is 5.49. The largest absolute Gasteiger partial charge is 0.350 e. The molecule has 4 rings (SSSR count). The minimum atomic E-state index is 0.573. The lowest BCUT2D eigenvalue weighted by molar-refractivity contribution is 0.921. The van der Waals surface area contributed by atoms with Gasteiger partial charge in [0.1, 0.15) is 5.82 Å². The Balaban J connectivity index is 1.69. The van der Waals surface area contributed by atoms with Gasteiger partial charge in [-0.2, -0.15) is 0 Å². The Morgan fingerprint density at radius 1 is 1.00 bits per heavy atom. The predicted octanol–water partition coefficient (Wildman–Crippen LogP) is 5.12. The third-order valence-corrected chi connectivity index (χ3v) is 4.79. The summed E-state index contributed by atoms with van der Waals surface area (Å²) in [6, 6.07) is 16.0. The van der Waals surface area contributed by atoms with Crippen LogP contribution in [0.25, 0.3) is 22.6 Å². The topological polar surface area (TPSA) is 55.6 Å². The van der Waals surface area contributed by atoms with Gasteiger partial charge in [-0.1, -0.05) is 53.6 Å². The zero-order valence-electron chi connectivity index (χ0n) is 15.7. The fourth-order valence-corrected chi connectivity index (χ4v) is 3.10. The molecular weight excluding hydrogens is 370 g/mol. The Morgan fingerprint density at radius 3 is 2.43 bits per heavy atom. The smallest absolute Gasteiger partial charge is 0.223 e. The van der Waals surface area contributed by atoms with Crippen molar-refractivity contribution in [1.82, 2.24) is 19.5 Å². The number of benzene rings is 2. The maximum Gasteiger partial charge on any atom is 0.223 e. The van der Waals surface area contributed by atoms with Gasteiger partial charge in [-0.15, -0.1) is 0 Å². The molecule has 1 N–H and O–H groups in total. The minimum Gasteiger partial charge on any atom is -0.350 e. The van der Waals surface area contributed by atoms with E-state index in [1.165, 1.54) is 11.1 Å². The van der Waals surface area contributed by atoms with Crippen LogP contribution in [0.2, 0.25) is 5.02 Å². The Bertz CT molecular complexity index is 1080. The Kier molecular flexibility index (Phi) is 5.08. The van der Waals surface area contributed by atoms with Crippen molar-refractivity contribution < 1.29 is 0 Å². The fourth-order valence-electron chi connectivity index (χ4n) is 2.97. The monoisotopic (exact) mass is 389 g/mol. The van der Waals surface area contributed by atoms with Gasteiger partial charge in [0.25, 0.3) is 0 Å². The summed E-state index contributed by atoms with van der Waals surface area (Å²) in [4.78, 5) is 13.8. The Morgan fingerprint density at radius 2 is 1.75 bits per heavy atom. The number of nitrogens with zero attached hydrogens (tertiary/aromatic N) is 4. The minimum absolute atomic E-state index is 0.573. The number of hydrogen-bond donors (Lipinski definition) is 1. The SMILES string of the molecule is Cc1ccc(CNc2ncc(-c3nccn3C)c(-c3ccc(Cl)cc3)n2)cc1. The van der Waals surface area contributed by atoms with Crippen molar-refractivity contribution in [1.29, 1.82) is 0 Å². The zero-order chi connectivity index (χ0) is 19.5. The standard InChI is InChI=1S/C22H20ClN5/c1-15-3-5-16(6-4-15)13-25-22-26-14-19(21-24-11-12-28(21)2)20(27-22)17-7-9-18(23)10-8-17/h3-12,14H,13H2,1-2H3,(H,25,26,27). The molecule has 0 aliphatic heterocycles. The molecule has 0 bridgehead atoms. The molecule has 0 spiro atoms. The summed E-state index contributed by atoms with van der Waals surface area (Å²) < 4.78 is 1.96. The lowest BCUT2D eigenvalue weighted by atomic mass is 10.1. The summed E-state index contributed by atoms with van der Waals surface area (Å²) in [5.74, 6) is 1.39. The van der Waals surface area contributed by atoms with Gasteiger partial charge in [0.2, 0.25) is 5.95 Å². The number of halogens is 1. The molecule has 2 aromatic heterocycles. The molecule has 2 aromatic carbocycles. The third-order valence-electron chi connectivity index (χ3n) is 4.54. The molecule has 0 aliphatic rings. The van der Waals surface area contributed by atoms with E-state index in [9.17, 15) is 0 Å². The molecule has 0 fully saturated rings. The van der Waals surface area contributed by atoms with Crippen LogP contribution in [0.3, 0.4) is 0 Å². The first kappa shape index (κ1) is 18.2. The Labute approximate surface area is 169 Å². The molecule has 0 amide bonds. The van der Waals surface area contributed by atoms with Crippen LogP contribution < -0.4 is 5.32 Å². The van der Waals surface area contributed by atoms with Gasteiger partial charge >= 0.3 is 0 Å². The maximum absolute atomic E-state index is 6.06. The van der Waals surface area contributed by atoms with Gasteiger partial charge < -0.3 is 9.88 Å². The van der Waals surface area contributed by atoms with Gasteiger partial charge in [0, 0.05) is 42.8 Å². The fraction of sp³-hybridized carbons (Fsp3) is 0.136. The number of hydrogen-bond acceptors (Lipinski definition) is 4. The molecule has 0 saturated heterocycles. The number of nitrogens with one attached hydrogen (secondary N) is 1. The van der Waals surface area contributed by atoms with Gasteiger partial charge in [0.15, 0.2) is 0 Å². The van der Waals surface area contributed by atoms with Crippen molar-refractivity contribution in [2.24, 2.45) is 7.05 Å². The van der Waals surface area contributed by atoms with Crippen LogP contribution in [0, 0.1) is 6.92 Å². The van der Waals surface area contributed by atoms with Crippen molar-refractivity contribution in [2.75, 3.05) is 5.32 Å². The van der Waals surface area contributed by atoms with Crippen LogP contribution in [-0.4, -0.2) is 19.5 Å². The highest BCUT2D eigenvalue weighted by Crippen LogP contribution is 2.30. The second kappa shape index (κ2) is 7.82. The summed E-state index contributed by atoms with van der Waals surface area (Å²) in [5.41, 5.74) is 5.06.